The molecule has 1 N–H and O–H groups in total. The number of halogens is 1. The highest BCUT2D eigenvalue weighted by Gasteiger charge is 2.27. The van der Waals surface area contributed by atoms with E-state index in [1.165, 1.54) is 4.90 Å². The van der Waals surface area contributed by atoms with Gasteiger partial charge in [-0.25, -0.2) is 9.18 Å². The molecular formula is C14H18FNO4. The molecule has 0 bridgehead atoms. The lowest BCUT2D eigenvalue weighted by molar-refractivity contribution is -0.0412. The Kier molecular flexibility index (Phi) is 5.31. The number of ether oxygens (including phenoxy) is 2. The largest absolute Gasteiger partial charge is 0.445 e. The number of alkyl halides is 1. The first-order valence-corrected chi connectivity index (χ1v) is 6.52. The first-order chi connectivity index (χ1) is 9.66. The molecule has 0 spiro atoms. The van der Waals surface area contributed by atoms with Gasteiger partial charge in [-0.2, -0.15) is 0 Å². The molecule has 1 heterocycles. The standard InChI is InChI=1S/C14H18FNO4/c15-12-8-16(6-7-19-10-13(12)17)14(18)20-9-11-4-2-1-3-5-11/h1-5,12-13,17H,6-10H2/t12-,13-/m0/s1. The molecule has 110 valence electrons. The number of aliphatic hydroxyl groups excluding tert-OH is 1. The summed E-state index contributed by atoms with van der Waals surface area (Å²) < 4.78 is 23.8. The molecule has 1 fully saturated rings. The highest BCUT2D eigenvalue weighted by molar-refractivity contribution is 5.67. The van der Waals surface area contributed by atoms with Gasteiger partial charge < -0.3 is 19.5 Å². The van der Waals surface area contributed by atoms with Crippen LogP contribution in [-0.4, -0.2) is 54.7 Å². The topological polar surface area (TPSA) is 59.0 Å². The first-order valence-electron chi connectivity index (χ1n) is 6.52. The fourth-order valence-corrected chi connectivity index (χ4v) is 1.88. The van der Waals surface area contributed by atoms with Gasteiger partial charge in [0.05, 0.1) is 19.8 Å². The number of benzene rings is 1. The van der Waals surface area contributed by atoms with Crippen LogP contribution in [0.15, 0.2) is 30.3 Å². The second-order valence-corrected chi connectivity index (χ2v) is 4.64. The molecule has 0 aliphatic carbocycles. The minimum Gasteiger partial charge on any atom is -0.445 e. The molecule has 1 saturated heterocycles. The third-order valence-corrected chi connectivity index (χ3v) is 3.07. The monoisotopic (exact) mass is 283 g/mol. The molecule has 2 atom stereocenters. The van der Waals surface area contributed by atoms with Crippen molar-refractivity contribution in [3.63, 3.8) is 0 Å². The minimum absolute atomic E-state index is 0.0475. The van der Waals surface area contributed by atoms with Gasteiger partial charge in [-0.3, -0.25) is 0 Å². The summed E-state index contributed by atoms with van der Waals surface area (Å²) in [4.78, 5) is 13.1. The van der Waals surface area contributed by atoms with E-state index in [4.69, 9.17) is 9.47 Å². The number of hydrogen-bond acceptors (Lipinski definition) is 4. The van der Waals surface area contributed by atoms with Gasteiger partial charge >= 0.3 is 6.09 Å². The fraction of sp³-hybridized carbons (Fsp3) is 0.500. The SMILES string of the molecule is O=C(OCc1ccccc1)N1CCOC[C@H](O)[C@@H](F)C1. The van der Waals surface area contributed by atoms with Crippen molar-refractivity contribution in [1.82, 2.24) is 4.90 Å². The lowest BCUT2D eigenvalue weighted by Gasteiger charge is -2.28. The quantitative estimate of drug-likeness (QED) is 0.890. The van der Waals surface area contributed by atoms with Crippen LogP contribution in [0.4, 0.5) is 9.18 Å². The molecule has 0 saturated carbocycles. The van der Waals surface area contributed by atoms with Crippen molar-refractivity contribution in [2.75, 3.05) is 26.3 Å². The Labute approximate surface area is 116 Å². The lowest BCUT2D eigenvalue weighted by atomic mass is 10.2. The summed E-state index contributed by atoms with van der Waals surface area (Å²) in [6, 6.07) is 9.25. The normalized spacial score (nSPS) is 23.8. The predicted octanol–water partition coefficient (Wildman–Crippen LogP) is 1.35. The van der Waals surface area contributed by atoms with Crippen molar-refractivity contribution in [2.24, 2.45) is 0 Å². The number of amides is 1. The zero-order valence-corrected chi connectivity index (χ0v) is 11.1. The minimum atomic E-state index is -1.53. The van der Waals surface area contributed by atoms with Crippen LogP contribution < -0.4 is 0 Å². The molecule has 2 rings (SSSR count). The Balaban J connectivity index is 1.87. The van der Waals surface area contributed by atoms with E-state index in [2.05, 4.69) is 0 Å². The molecule has 0 unspecified atom stereocenters. The maximum absolute atomic E-state index is 13.6. The molecule has 1 aromatic carbocycles. The molecule has 1 aliphatic heterocycles. The molecule has 5 nitrogen and oxygen atoms in total. The number of carbonyl (C=O) groups is 1. The zero-order valence-electron chi connectivity index (χ0n) is 11.1. The van der Waals surface area contributed by atoms with Crippen molar-refractivity contribution in [3.8, 4) is 0 Å². The van der Waals surface area contributed by atoms with Crippen LogP contribution in [0.1, 0.15) is 5.56 Å². The maximum Gasteiger partial charge on any atom is 0.410 e. The van der Waals surface area contributed by atoms with Crippen LogP contribution in [0.25, 0.3) is 0 Å². The molecule has 1 aromatic rings. The summed E-state index contributed by atoms with van der Waals surface area (Å²) in [7, 11) is 0. The van der Waals surface area contributed by atoms with E-state index in [1.54, 1.807) is 0 Å². The van der Waals surface area contributed by atoms with E-state index in [0.717, 1.165) is 5.56 Å². The van der Waals surface area contributed by atoms with Crippen molar-refractivity contribution in [2.45, 2.75) is 18.9 Å². The smallest absolute Gasteiger partial charge is 0.410 e. The number of nitrogens with zero attached hydrogens (tertiary/aromatic N) is 1. The van der Waals surface area contributed by atoms with Gasteiger partial charge in [-0.15, -0.1) is 0 Å². The Bertz CT molecular complexity index is 428. The van der Waals surface area contributed by atoms with E-state index >= 15 is 0 Å². The first kappa shape index (κ1) is 14.7. The third-order valence-electron chi connectivity index (χ3n) is 3.07. The van der Waals surface area contributed by atoms with E-state index in [9.17, 15) is 14.3 Å². The number of rotatable bonds is 2. The highest BCUT2D eigenvalue weighted by Crippen LogP contribution is 2.10. The van der Waals surface area contributed by atoms with Crippen LogP contribution in [0.3, 0.4) is 0 Å². The fourth-order valence-electron chi connectivity index (χ4n) is 1.88. The van der Waals surface area contributed by atoms with Crippen LogP contribution in [0.5, 0.6) is 0 Å². The van der Waals surface area contributed by atoms with Gasteiger partial charge in [0.1, 0.15) is 18.9 Å². The summed E-state index contributed by atoms with van der Waals surface area (Å²) in [6.07, 6.45) is -3.34. The van der Waals surface area contributed by atoms with Crippen molar-refractivity contribution in [1.29, 1.82) is 0 Å². The maximum atomic E-state index is 13.6. The van der Waals surface area contributed by atoms with E-state index in [1.807, 2.05) is 30.3 Å². The van der Waals surface area contributed by atoms with Gasteiger partial charge in [0.15, 0.2) is 0 Å². The lowest BCUT2D eigenvalue weighted by Crippen LogP contribution is -2.45. The zero-order chi connectivity index (χ0) is 14.4. The van der Waals surface area contributed by atoms with Crippen LogP contribution in [-0.2, 0) is 16.1 Å². The highest BCUT2D eigenvalue weighted by atomic mass is 19.1. The summed E-state index contributed by atoms with van der Waals surface area (Å²) in [5.41, 5.74) is 0.862. The summed E-state index contributed by atoms with van der Waals surface area (Å²) >= 11 is 0. The molecular weight excluding hydrogens is 265 g/mol. The van der Waals surface area contributed by atoms with Crippen molar-refractivity contribution in [3.05, 3.63) is 35.9 Å². The average molecular weight is 283 g/mol. The van der Waals surface area contributed by atoms with Gasteiger partial charge in [0.2, 0.25) is 0 Å². The molecule has 1 amide bonds. The van der Waals surface area contributed by atoms with Crippen molar-refractivity contribution >= 4 is 6.09 Å². The molecule has 1 aliphatic rings. The van der Waals surface area contributed by atoms with Gasteiger partial charge in [-0.1, -0.05) is 30.3 Å². The Morgan fingerprint density at radius 2 is 2.20 bits per heavy atom. The van der Waals surface area contributed by atoms with Gasteiger partial charge in [0, 0.05) is 6.54 Å². The number of aliphatic hydroxyl groups is 1. The van der Waals surface area contributed by atoms with Crippen LogP contribution >= 0.6 is 0 Å². The number of carbonyl (C=O) groups excluding carboxylic acids is 1. The van der Waals surface area contributed by atoms with Crippen LogP contribution in [0, 0.1) is 0 Å². The molecule has 0 aromatic heterocycles. The van der Waals surface area contributed by atoms with Gasteiger partial charge in [0.25, 0.3) is 0 Å². The molecule has 0 radical (unpaired) electrons. The molecule has 6 heteroatoms. The van der Waals surface area contributed by atoms with Gasteiger partial charge in [-0.05, 0) is 5.56 Å². The Morgan fingerprint density at radius 3 is 2.95 bits per heavy atom. The average Bonchev–Trinajstić information content (AvgIpc) is 2.46. The summed E-state index contributed by atoms with van der Waals surface area (Å²) in [6.45, 7) is 0.410. The predicted molar refractivity (Wildman–Crippen MR) is 69.9 cm³/mol. The third kappa shape index (κ3) is 4.18. The summed E-state index contributed by atoms with van der Waals surface area (Å²) in [5.74, 6) is 0. The molecule has 20 heavy (non-hydrogen) atoms. The van der Waals surface area contributed by atoms with E-state index in [0.29, 0.717) is 0 Å². The Hall–Kier alpha value is -1.66. The van der Waals surface area contributed by atoms with Crippen molar-refractivity contribution < 1.29 is 23.8 Å². The van der Waals surface area contributed by atoms with E-state index < -0.39 is 18.4 Å². The Morgan fingerprint density at radius 1 is 1.45 bits per heavy atom. The van der Waals surface area contributed by atoms with E-state index in [-0.39, 0.29) is 32.9 Å². The second kappa shape index (κ2) is 7.21. The number of hydrogen-bond donors (Lipinski definition) is 1. The summed E-state index contributed by atoms with van der Waals surface area (Å²) in [5, 5.41) is 9.41. The second-order valence-electron chi connectivity index (χ2n) is 4.64. The van der Waals surface area contributed by atoms with Crippen LogP contribution in [0.2, 0.25) is 0 Å².